The van der Waals surface area contributed by atoms with E-state index in [1.807, 2.05) is 30.3 Å². The molecular formula is C15H14Br2ClNO. The molecule has 0 heterocycles. The second-order valence-electron chi connectivity index (χ2n) is 4.44. The maximum absolute atomic E-state index is 10.0. The number of phenolic OH excluding ortho intramolecular Hbond substituents is 1. The Bertz CT molecular complexity index is 619. The van der Waals surface area contributed by atoms with Crippen LogP contribution in [0.5, 0.6) is 5.75 Å². The second-order valence-corrected chi connectivity index (χ2v) is 6.61. The van der Waals surface area contributed by atoms with E-state index in [2.05, 4.69) is 44.1 Å². The van der Waals surface area contributed by atoms with Gasteiger partial charge in [0.05, 0.1) is 11.1 Å². The summed E-state index contributed by atoms with van der Waals surface area (Å²) in [7, 11) is 0. The molecule has 0 radical (unpaired) electrons. The molecule has 0 bridgehead atoms. The smallest absolute Gasteiger partial charge is 0.120 e. The molecule has 0 saturated carbocycles. The van der Waals surface area contributed by atoms with Gasteiger partial charge in [0, 0.05) is 20.2 Å². The third kappa shape index (κ3) is 3.68. The first-order valence-corrected chi connectivity index (χ1v) is 8.17. The number of halogens is 3. The lowest BCUT2D eigenvalue weighted by Gasteiger charge is -2.20. The van der Waals surface area contributed by atoms with Crippen LogP contribution in [0.2, 0.25) is 5.02 Å². The SMILES string of the molecule is CCC(Nc1ccc(Cl)c(Br)c1)c1cc(Br)ccc1O. The molecule has 0 amide bonds. The molecule has 0 saturated heterocycles. The summed E-state index contributed by atoms with van der Waals surface area (Å²) in [6.07, 6.45) is 0.851. The summed E-state index contributed by atoms with van der Waals surface area (Å²) in [4.78, 5) is 0. The van der Waals surface area contributed by atoms with Gasteiger partial charge in [-0.25, -0.2) is 0 Å². The van der Waals surface area contributed by atoms with E-state index in [0.717, 1.165) is 26.6 Å². The molecule has 1 atom stereocenters. The highest BCUT2D eigenvalue weighted by molar-refractivity contribution is 9.10. The zero-order valence-corrected chi connectivity index (χ0v) is 14.8. The molecule has 0 aromatic heterocycles. The van der Waals surface area contributed by atoms with Crippen molar-refractivity contribution in [1.82, 2.24) is 0 Å². The van der Waals surface area contributed by atoms with Crippen LogP contribution in [0.3, 0.4) is 0 Å². The highest BCUT2D eigenvalue weighted by Crippen LogP contribution is 2.33. The van der Waals surface area contributed by atoms with Crippen LogP contribution in [-0.4, -0.2) is 5.11 Å². The molecule has 0 spiro atoms. The van der Waals surface area contributed by atoms with E-state index in [0.29, 0.717) is 10.8 Å². The number of aromatic hydroxyl groups is 1. The van der Waals surface area contributed by atoms with Crippen LogP contribution in [-0.2, 0) is 0 Å². The standard InChI is InChI=1S/C15H14Br2ClNO/c1-2-14(11-7-9(16)3-6-15(11)20)19-10-4-5-13(18)12(17)8-10/h3-8,14,19-20H,2H2,1H3. The fourth-order valence-electron chi connectivity index (χ4n) is 1.99. The average molecular weight is 420 g/mol. The largest absolute Gasteiger partial charge is 0.508 e. The van der Waals surface area contributed by atoms with Crippen LogP contribution in [0.25, 0.3) is 0 Å². The summed E-state index contributed by atoms with van der Waals surface area (Å²) >= 11 is 12.8. The molecule has 2 aromatic carbocycles. The van der Waals surface area contributed by atoms with E-state index >= 15 is 0 Å². The number of phenols is 1. The van der Waals surface area contributed by atoms with Crippen molar-refractivity contribution in [3.8, 4) is 5.75 Å². The molecule has 0 aliphatic carbocycles. The molecule has 0 aliphatic rings. The Morgan fingerprint density at radius 1 is 1.20 bits per heavy atom. The summed E-state index contributed by atoms with van der Waals surface area (Å²) in [5, 5.41) is 14.1. The molecule has 2 rings (SSSR count). The first kappa shape index (κ1) is 15.7. The minimum absolute atomic E-state index is 0.0283. The van der Waals surface area contributed by atoms with Gasteiger partial charge in [-0.1, -0.05) is 34.5 Å². The molecule has 0 aliphatic heterocycles. The zero-order valence-electron chi connectivity index (χ0n) is 10.8. The Kier molecular flexibility index (Phi) is 5.35. The topological polar surface area (TPSA) is 32.3 Å². The Hall–Kier alpha value is -0.710. The number of hydrogen-bond donors (Lipinski definition) is 2. The van der Waals surface area contributed by atoms with E-state index < -0.39 is 0 Å². The highest BCUT2D eigenvalue weighted by atomic mass is 79.9. The minimum atomic E-state index is 0.0283. The van der Waals surface area contributed by atoms with Crippen molar-refractivity contribution in [3.63, 3.8) is 0 Å². The second kappa shape index (κ2) is 6.83. The van der Waals surface area contributed by atoms with Gasteiger partial charge in [0.15, 0.2) is 0 Å². The first-order chi connectivity index (χ1) is 9.51. The Labute approximate surface area is 140 Å². The van der Waals surface area contributed by atoms with E-state index in [4.69, 9.17) is 11.6 Å². The number of rotatable bonds is 4. The molecule has 5 heteroatoms. The molecular weight excluding hydrogens is 405 g/mol. The quantitative estimate of drug-likeness (QED) is 0.624. The van der Waals surface area contributed by atoms with E-state index in [1.54, 1.807) is 6.07 Å². The molecule has 2 aromatic rings. The first-order valence-electron chi connectivity index (χ1n) is 6.21. The van der Waals surface area contributed by atoms with Gasteiger partial charge in [-0.3, -0.25) is 0 Å². The van der Waals surface area contributed by atoms with Gasteiger partial charge in [0.25, 0.3) is 0 Å². The van der Waals surface area contributed by atoms with Crippen LogP contribution < -0.4 is 5.32 Å². The fraction of sp³-hybridized carbons (Fsp3) is 0.200. The lowest BCUT2D eigenvalue weighted by molar-refractivity contribution is 0.462. The van der Waals surface area contributed by atoms with Crippen LogP contribution in [0.4, 0.5) is 5.69 Å². The van der Waals surface area contributed by atoms with Gasteiger partial charge < -0.3 is 10.4 Å². The minimum Gasteiger partial charge on any atom is -0.508 e. The van der Waals surface area contributed by atoms with E-state index in [1.165, 1.54) is 0 Å². The van der Waals surface area contributed by atoms with E-state index in [-0.39, 0.29) is 6.04 Å². The van der Waals surface area contributed by atoms with Gasteiger partial charge in [-0.05, 0) is 58.7 Å². The predicted molar refractivity (Wildman–Crippen MR) is 91.6 cm³/mol. The predicted octanol–water partition coefficient (Wildman–Crippen LogP) is 6.13. The molecule has 0 fully saturated rings. The van der Waals surface area contributed by atoms with Crippen LogP contribution in [0, 0.1) is 0 Å². The molecule has 20 heavy (non-hydrogen) atoms. The normalized spacial score (nSPS) is 12.2. The molecule has 2 nitrogen and oxygen atoms in total. The molecule has 106 valence electrons. The lowest BCUT2D eigenvalue weighted by atomic mass is 10.0. The van der Waals surface area contributed by atoms with Crippen LogP contribution in [0.1, 0.15) is 24.9 Å². The summed E-state index contributed by atoms with van der Waals surface area (Å²) in [6, 6.07) is 11.2. The third-order valence-electron chi connectivity index (χ3n) is 3.03. The maximum Gasteiger partial charge on any atom is 0.120 e. The number of anilines is 1. The lowest BCUT2D eigenvalue weighted by Crippen LogP contribution is -2.10. The molecule has 2 N–H and O–H groups in total. The summed E-state index contributed by atoms with van der Waals surface area (Å²) in [5.74, 6) is 0.292. The van der Waals surface area contributed by atoms with Gasteiger partial charge >= 0.3 is 0 Å². The van der Waals surface area contributed by atoms with Crippen molar-refractivity contribution in [3.05, 3.63) is 55.9 Å². The summed E-state index contributed by atoms with van der Waals surface area (Å²) < 4.78 is 1.79. The number of nitrogens with one attached hydrogen (secondary N) is 1. The van der Waals surface area contributed by atoms with Crippen LogP contribution in [0.15, 0.2) is 45.3 Å². The molecule has 1 unspecified atom stereocenters. The third-order valence-corrected chi connectivity index (χ3v) is 4.74. The monoisotopic (exact) mass is 417 g/mol. The van der Waals surface area contributed by atoms with Crippen molar-refractivity contribution in [2.45, 2.75) is 19.4 Å². The van der Waals surface area contributed by atoms with Gasteiger partial charge in [-0.15, -0.1) is 0 Å². The van der Waals surface area contributed by atoms with Crippen molar-refractivity contribution in [1.29, 1.82) is 0 Å². The van der Waals surface area contributed by atoms with Crippen molar-refractivity contribution >= 4 is 49.1 Å². The number of hydrogen-bond acceptors (Lipinski definition) is 2. The maximum atomic E-state index is 10.0. The van der Waals surface area contributed by atoms with Crippen molar-refractivity contribution in [2.24, 2.45) is 0 Å². The van der Waals surface area contributed by atoms with Crippen molar-refractivity contribution in [2.75, 3.05) is 5.32 Å². The summed E-state index contributed by atoms with van der Waals surface area (Å²) in [6.45, 7) is 2.07. The average Bonchev–Trinajstić information content (AvgIpc) is 2.43. The van der Waals surface area contributed by atoms with Gasteiger partial charge in [0.2, 0.25) is 0 Å². The van der Waals surface area contributed by atoms with Crippen LogP contribution >= 0.6 is 43.5 Å². The number of benzene rings is 2. The van der Waals surface area contributed by atoms with Crippen molar-refractivity contribution < 1.29 is 5.11 Å². The Balaban J connectivity index is 2.28. The van der Waals surface area contributed by atoms with Gasteiger partial charge in [0.1, 0.15) is 5.75 Å². The van der Waals surface area contributed by atoms with Gasteiger partial charge in [-0.2, -0.15) is 0 Å². The Morgan fingerprint density at radius 2 is 1.95 bits per heavy atom. The zero-order chi connectivity index (χ0) is 14.7. The fourth-order valence-corrected chi connectivity index (χ4v) is 2.87. The highest BCUT2D eigenvalue weighted by Gasteiger charge is 2.14. The van der Waals surface area contributed by atoms with E-state index in [9.17, 15) is 5.11 Å². The Morgan fingerprint density at radius 3 is 2.60 bits per heavy atom. The summed E-state index contributed by atoms with van der Waals surface area (Å²) in [5.41, 5.74) is 1.82.